The van der Waals surface area contributed by atoms with E-state index in [4.69, 9.17) is 4.74 Å². The van der Waals surface area contributed by atoms with E-state index in [2.05, 4.69) is 56.3 Å². The second kappa shape index (κ2) is 13.7. The van der Waals surface area contributed by atoms with Gasteiger partial charge in [-0.25, -0.2) is 0 Å². The maximum atomic E-state index is 12.9. The molecule has 194 valence electrons. The number of hydrogen-bond donors (Lipinski definition) is 0. The summed E-state index contributed by atoms with van der Waals surface area (Å²) in [4.78, 5) is 12.9. The molecule has 3 saturated carbocycles. The molecule has 0 aromatic heterocycles. The van der Waals surface area contributed by atoms with Crippen LogP contribution < -0.4 is 0 Å². The Balaban J connectivity index is 1.11. The second-order valence-electron chi connectivity index (χ2n) is 12.2. The van der Waals surface area contributed by atoms with Crippen molar-refractivity contribution in [2.24, 2.45) is 29.6 Å². The van der Waals surface area contributed by atoms with E-state index in [0.29, 0.717) is 5.92 Å². The zero-order valence-corrected chi connectivity index (χ0v) is 22.5. The minimum absolute atomic E-state index is 0.124. The number of carbonyl (C=O) groups is 1. The molecule has 2 heteroatoms. The van der Waals surface area contributed by atoms with Gasteiger partial charge in [-0.2, -0.15) is 0 Å². The molecule has 2 nitrogen and oxygen atoms in total. The van der Waals surface area contributed by atoms with Crippen LogP contribution >= 0.6 is 0 Å². The zero-order chi connectivity index (χ0) is 24.5. The van der Waals surface area contributed by atoms with Gasteiger partial charge in [0.25, 0.3) is 0 Å². The van der Waals surface area contributed by atoms with Gasteiger partial charge in [0.05, 0.1) is 5.92 Å². The maximum Gasteiger partial charge on any atom is 0.309 e. The van der Waals surface area contributed by atoms with Crippen LogP contribution in [0.25, 0.3) is 0 Å². The highest BCUT2D eigenvalue weighted by molar-refractivity contribution is 5.72. The smallest absolute Gasteiger partial charge is 0.309 e. The van der Waals surface area contributed by atoms with Crippen LogP contribution in [0, 0.1) is 29.6 Å². The van der Waals surface area contributed by atoms with Gasteiger partial charge in [0.2, 0.25) is 0 Å². The Labute approximate surface area is 215 Å². The lowest BCUT2D eigenvalue weighted by Gasteiger charge is -2.38. The molecule has 0 unspecified atom stereocenters. The van der Waals surface area contributed by atoms with Gasteiger partial charge >= 0.3 is 5.97 Å². The molecule has 0 spiro atoms. The standard InChI is InChI=1S/C33H50O2/c1-3-4-6-9-26-14-22-32(23-15-26)35-33(34)31-20-18-30(19-21-31)29-16-12-27(13-17-29)24-25(2)28-10-7-5-8-11-28/h3-5,7-8,10-11,25-27,29-32H,6,9,12-24H2,1-2H3/b4-3+/t25-,26?,27?,29?,30?,31?,32?/m1/s1. The van der Waals surface area contributed by atoms with Gasteiger partial charge < -0.3 is 4.74 Å². The highest BCUT2D eigenvalue weighted by atomic mass is 16.5. The van der Waals surface area contributed by atoms with Crippen LogP contribution in [-0.4, -0.2) is 12.1 Å². The number of benzene rings is 1. The predicted octanol–water partition coefficient (Wildman–Crippen LogP) is 9.25. The summed E-state index contributed by atoms with van der Waals surface area (Å²) in [5, 5.41) is 0. The third-order valence-corrected chi connectivity index (χ3v) is 9.77. The second-order valence-corrected chi connectivity index (χ2v) is 12.2. The Morgan fingerprint density at radius 3 is 2.09 bits per heavy atom. The molecule has 35 heavy (non-hydrogen) atoms. The molecule has 0 bridgehead atoms. The van der Waals surface area contributed by atoms with Crippen molar-refractivity contribution in [3.8, 4) is 0 Å². The maximum absolute atomic E-state index is 12.9. The van der Waals surface area contributed by atoms with Crippen LogP contribution in [0.3, 0.4) is 0 Å². The quantitative estimate of drug-likeness (QED) is 0.261. The van der Waals surface area contributed by atoms with Crippen molar-refractivity contribution >= 4 is 5.97 Å². The Morgan fingerprint density at radius 2 is 1.46 bits per heavy atom. The van der Waals surface area contributed by atoms with E-state index in [0.717, 1.165) is 49.4 Å². The molecule has 0 aliphatic heterocycles. The minimum atomic E-state index is 0.124. The van der Waals surface area contributed by atoms with Crippen molar-refractivity contribution in [2.45, 2.75) is 122 Å². The number of allylic oxidation sites excluding steroid dienone is 2. The Kier molecular flexibility index (Phi) is 10.3. The van der Waals surface area contributed by atoms with Crippen molar-refractivity contribution < 1.29 is 9.53 Å². The molecule has 1 aromatic rings. The Hall–Kier alpha value is -1.57. The fourth-order valence-electron chi connectivity index (χ4n) is 7.44. The molecule has 0 saturated heterocycles. The van der Waals surface area contributed by atoms with Gasteiger partial charge in [0.1, 0.15) is 6.10 Å². The summed E-state index contributed by atoms with van der Waals surface area (Å²) in [6.45, 7) is 4.50. The number of esters is 1. The first-order valence-corrected chi connectivity index (χ1v) is 15.0. The lowest BCUT2D eigenvalue weighted by atomic mass is 9.68. The van der Waals surface area contributed by atoms with Crippen LogP contribution in [0.5, 0.6) is 0 Å². The highest BCUT2D eigenvalue weighted by Gasteiger charge is 2.35. The summed E-state index contributed by atoms with van der Waals surface area (Å²) in [7, 11) is 0. The number of rotatable bonds is 9. The summed E-state index contributed by atoms with van der Waals surface area (Å²) in [6.07, 6.45) is 23.3. The topological polar surface area (TPSA) is 26.3 Å². The number of hydrogen-bond acceptors (Lipinski definition) is 2. The average Bonchev–Trinajstić information content (AvgIpc) is 2.91. The largest absolute Gasteiger partial charge is 0.462 e. The van der Waals surface area contributed by atoms with Crippen LogP contribution in [0.15, 0.2) is 42.5 Å². The molecule has 1 atom stereocenters. The summed E-state index contributed by atoms with van der Waals surface area (Å²) in [5.41, 5.74) is 1.50. The van der Waals surface area contributed by atoms with Gasteiger partial charge in [-0.1, -0.05) is 62.2 Å². The molecular weight excluding hydrogens is 428 g/mol. The van der Waals surface area contributed by atoms with E-state index >= 15 is 0 Å². The van der Waals surface area contributed by atoms with Crippen molar-refractivity contribution in [1.82, 2.24) is 0 Å². The van der Waals surface area contributed by atoms with Crippen LogP contribution in [0.4, 0.5) is 0 Å². The number of ether oxygens (including phenoxy) is 1. The Morgan fingerprint density at radius 1 is 0.857 bits per heavy atom. The predicted molar refractivity (Wildman–Crippen MR) is 146 cm³/mol. The summed E-state index contributed by atoms with van der Waals surface area (Å²) >= 11 is 0. The lowest BCUT2D eigenvalue weighted by molar-refractivity contribution is -0.157. The third kappa shape index (κ3) is 7.96. The summed E-state index contributed by atoms with van der Waals surface area (Å²) < 4.78 is 6.02. The molecular formula is C33H50O2. The monoisotopic (exact) mass is 478 g/mol. The van der Waals surface area contributed by atoms with Gasteiger partial charge in [-0.3, -0.25) is 4.79 Å². The van der Waals surface area contributed by atoms with E-state index in [9.17, 15) is 4.79 Å². The van der Waals surface area contributed by atoms with Crippen LogP contribution in [-0.2, 0) is 9.53 Å². The van der Waals surface area contributed by atoms with Gasteiger partial charge in [0, 0.05) is 0 Å². The molecule has 0 radical (unpaired) electrons. The Bertz CT molecular complexity index is 760. The first-order valence-electron chi connectivity index (χ1n) is 15.0. The summed E-state index contributed by atoms with van der Waals surface area (Å²) in [6, 6.07) is 11.0. The van der Waals surface area contributed by atoms with E-state index in [1.54, 1.807) is 0 Å². The van der Waals surface area contributed by atoms with Gasteiger partial charge in [-0.05, 0) is 126 Å². The molecule has 1 aromatic carbocycles. The average molecular weight is 479 g/mol. The fourth-order valence-corrected chi connectivity index (χ4v) is 7.44. The van der Waals surface area contributed by atoms with E-state index in [1.165, 1.54) is 76.2 Å². The van der Waals surface area contributed by atoms with Crippen molar-refractivity contribution in [2.75, 3.05) is 0 Å². The molecule has 3 fully saturated rings. The normalized spacial score (nSPS) is 32.9. The van der Waals surface area contributed by atoms with E-state index < -0.39 is 0 Å². The molecule has 0 N–H and O–H groups in total. The molecule has 3 aliphatic carbocycles. The van der Waals surface area contributed by atoms with Crippen LogP contribution in [0.1, 0.15) is 122 Å². The van der Waals surface area contributed by atoms with Crippen molar-refractivity contribution in [1.29, 1.82) is 0 Å². The zero-order valence-electron chi connectivity index (χ0n) is 22.5. The SMILES string of the molecule is C/C=C/CCC1CCC(OC(=O)C2CCC(C3CCC(C[C@@H](C)c4ccccc4)CC3)CC2)CC1. The van der Waals surface area contributed by atoms with Crippen molar-refractivity contribution in [3.05, 3.63) is 48.0 Å². The summed E-state index contributed by atoms with van der Waals surface area (Å²) in [5.74, 6) is 4.43. The number of carbonyl (C=O) groups excluding carboxylic acids is 1. The fraction of sp³-hybridized carbons (Fsp3) is 0.727. The van der Waals surface area contributed by atoms with Crippen molar-refractivity contribution in [3.63, 3.8) is 0 Å². The lowest BCUT2D eigenvalue weighted by Crippen LogP contribution is -2.32. The first-order chi connectivity index (χ1) is 17.1. The third-order valence-electron chi connectivity index (χ3n) is 9.77. The van der Waals surface area contributed by atoms with E-state index in [-0.39, 0.29) is 18.0 Å². The van der Waals surface area contributed by atoms with Gasteiger partial charge in [-0.15, -0.1) is 0 Å². The minimum Gasteiger partial charge on any atom is -0.462 e. The molecule has 4 rings (SSSR count). The highest BCUT2D eigenvalue weighted by Crippen LogP contribution is 2.43. The van der Waals surface area contributed by atoms with E-state index in [1.807, 2.05) is 0 Å². The van der Waals surface area contributed by atoms with Crippen LogP contribution in [0.2, 0.25) is 0 Å². The molecule has 3 aliphatic rings. The molecule has 0 amide bonds. The first kappa shape index (κ1) is 26.5. The van der Waals surface area contributed by atoms with Gasteiger partial charge in [0.15, 0.2) is 0 Å². The molecule has 0 heterocycles.